The predicted molar refractivity (Wildman–Crippen MR) is 110 cm³/mol. The molecule has 24 heavy (non-hydrogen) atoms. The lowest BCUT2D eigenvalue weighted by molar-refractivity contribution is 0.246. The van der Waals surface area contributed by atoms with E-state index in [0.29, 0.717) is 0 Å². The Hall–Kier alpha value is -1.07. The molecule has 2 aromatic carbocycles. The summed E-state index contributed by atoms with van der Waals surface area (Å²) in [7, 11) is 0. The Morgan fingerprint density at radius 1 is 1.00 bits per heavy atom. The highest BCUT2D eigenvalue weighted by Crippen LogP contribution is 2.47. The van der Waals surface area contributed by atoms with Gasteiger partial charge >= 0.3 is 0 Å². The Labute approximate surface area is 159 Å². The number of hydrogen-bond donors (Lipinski definition) is 0. The molecule has 0 radical (unpaired) electrons. The maximum Gasteiger partial charge on any atom is 0.0370 e. The van der Waals surface area contributed by atoms with Gasteiger partial charge in [0.1, 0.15) is 0 Å². The van der Waals surface area contributed by atoms with Crippen LogP contribution in [0.1, 0.15) is 23.5 Å². The smallest absolute Gasteiger partial charge is 0.0370 e. The predicted octanol–water partition coefficient (Wildman–Crippen LogP) is 4.53. The quantitative estimate of drug-likeness (QED) is 0.656. The summed E-state index contributed by atoms with van der Waals surface area (Å²) in [5, 5.41) is 0. The van der Waals surface area contributed by atoms with Crippen LogP contribution < -0.4 is 4.90 Å². The van der Waals surface area contributed by atoms with E-state index in [2.05, 4.69) is 87.8 Å². The van der Waals surface area contributed by atoms with Gasteiger partial charge in [-0.05, 0) is 77.1 Å². The van der Waals surface area contributed by atoms with E-state index in [1.165, 1.54) is 46.4 Å². The Morgan fingerprint density at radius 3 is 2.46 bits per heavy atom. The number of anilines is 1. The molecule has 1 aliphatic carbocycles. The van der Waals surface area contributed by atoms with Crippen molar-refractivity contribution < 1.29 is 0 Å². The summed E-state index contributed by atoms with van der Waals surface area (Å²) < 4.78 is 1.36. The third-order valence-electron chi connectivity index (χ3n) is 5.52. The van der Waals surface area contributed by atoms with Gasteiger partial charge in [0.25, 0.3) is 0 Å². The Kier molecular flexibility index (Phi) is 4.81. The highest BCUT2D eigenvalue weighted by molar-refractivity contribution is 14.1. The zero-order valence-corrected chi connectivity index (χ0v) is 16.4. The fourth-order valence-corrected chi connectivity index (χ4v) is 4.24. The van der Waals surface area contributed by atoms with Crippen LogP contribution in [0.2, 0.25) is 0 Å². The third kappa shape index (κ3) is 3.62. The van der Waals surface area contributed by atoms with Gasteiger partial charge in [-0.15, -0.1) is 0 Å². The first-order valence-electron chi connectivity index (χ1n) is 8.99. The first-order valence-corrected chi connectivity index (χ1v) is 10.1. The topological polar surface area (TPSA) is 6.48 Å². The van der Waals surface area contributed by atoms with E-state index < -0.39 is 0 Å². The first-order chi connectivity index (χ1) is 11.7. The molecule has 126 valence electrons. The van der Waals surface area contributed by atoms with Gasteiger partial charge in [0.15, 0.2) is 0 Å². The second-order valence-electron chi connectivity index (χ2n) is 7.23. The minimum atomic E-state index is 0.808. The largest absolute Gasteiger partial charge is 0.369 e. The summed E-state index contributed by atoms with van der Waals surface area (Å²) >= 11 is 2.42. The zero-order valence-electron chi connectivity index (χ0n) is 14.3. The molecule has 1 heterocycles. The monoisotopic (exact) mass is 432 g/mol. The number of aryl methyl sites for hydroxylation is 1. The molecule has 0 bridgehead atoms. The molecule has 0 aromatic heterocycles. The molecule has 2 atom stereocenters. The SMILES string of the molecule is Cc1cc(N2CCN(CC3CC3c3ccccc3)CC2)ccc1I. The minimum Gasteiger partial charge on any atom is -0.369 e. The van der Waals surface area contributed by atoms with Crippen molar-refractivity contribution in [3.8, 4) is 0 Å². The average Bonchev–Trinajstić information content (AvgIpc) is 3.38. The van der Waals surface area contributed by atoms with Crippen molar-refractivity contribution in [3.05, 3.63) is 63.2 Å². The van der Waals surface area contributed by atoms with Gasteiger partial charge in [-0.1, -0.05) is 30.3 Å². The second-order valence-corrected chi connectivity index (χ2v) is 8.40. The van der Waals surface area contributed by atoms with E-state index in [0.717, 1.165) is 24.9 Å². The molecular formula is C21H25IN2. The molecule has 0 spiro atoms. The van der Waals surface area contributed by atoms with Crippen LogP contribution in [0.5, 0.6) is 0 Å². The lowest BCUT2D eigenvalue weighted by atomic mass is 10.1. The van der Waals surface area contributed by atoms with E-state index in [1.807, 2.05) is 0 Å². The Morgan fingerprint density at radius 2 is 1.75 bits per heavy atom. The van der Waals surface area contributed by atoms with Crippen molar-refractivity contribution >= 4 is 28.3 Å². The lowest BCUT2D eigenvalue weighted by Crippen LogP contribution is -2.47. The fraction of sp³-hybridized carbons (Fsp3) is 0.429. The van der Waals surface area contributed by atoms with Gasteiger partial charge in [-0.3, -0.25) is 4.90 Å². The molecule has 0 N–H and O–H groups in total. The molecule has 1 saturated heterocycles. The number of benzene rings is 2. The number of rotatable bonds is 4. The van der Waals surface area contributed by atoms with Crippen LogP contribution in [0.3, 0.4) is 0 Å². The van der Waals surface area contributed by atoms with Gasteiger partial charge in [-0.25, -0.2) is 0 Å². The van der Waals surface area contributed by atoms with Crippen molar-refractivity contribution in [2.24, 2.45) is 5.92 Å². The third-order valence-corrected chi connectivity index (χ3v) is 6.73. The number of hydrogen-bond acceptors (Lipinski definition) is 2. The van der Waals surface area contributed by atoms with Gasteiger partial charge in [0.2, 0.25) is 0 Å². The van der Waals surface area contributed by atoms with Crippen LogP contribution in [0.4, 0.5) is 5.69 Å². The van der Waals surface area contributed by atoms with Gasteiger partial charge in [-0.2, -0.15) is 0 Å². The zero-order chi connectivity index (χ0) is 16.5. The molecule has 3 heteroatoms. The van der Waals surface area contributed by atoms with Crippen molar-refractivity contribution in [1.82, 2.24) is 4.90 Å². The van der Waals surface area contributed by atoms with Crippen molar-refractivity contribution in [2.75, 3.05) is 37.6 Å². The number of nitrogens with zero attached hydrogens (tertiary/aromatic N) is 2. The highest BCUT2D eigenvalue weighted by atomic mass is 127. The first kappa shape index (κ1) is 16.4. The summed E-state index contributed by atoms with van der Waals surface area (Å²) in [6.07, 6.45) is 1.38. The highest BCUT2D eigenvalue weighted by Gasteiger charge is 2.39. The number of halogens is 1. The normalized spacial score (nSPS) is 24.2. The number of piperazine rings is 1. The molecule has 2 aromatic rings. The van der Waals surface area contributed by atoms with E-state index in [4.69, 9.17) is 0 Å². The van der Waals surface area contributed by atoms with Crippen LogP contribution in [-0.4, -0.2) is 37.6 Å². The summed E-state index contributed by atoms with van der Waals surface area (Å²) in [4.78, 5) is 5.21. The van der Waals surface area contributed by atoms with Crippen LogP contribution in [0.25, 0.3) is 0 Å². The molecular weight excluding hydrogens is 407 g/mol. The van der Waals surface area contributed by atoms with E-state index in [-0.39, 0.29) is 0 Å². The second kappa shape index (κ2) is 7.04. The van der Waals surface area contributed by atoms with Crippen LogP contribution in [-0.2, 0) is 0 Å². The van der Waals surface area contributed by atoms with E-state index in [1.54, 1.807) is 0 Å². The molecule has 2 fully saturated rings. The maximum absolute atomic E-state index is 2.67. The standard InChI is InChI=1S/C21H25IN2/c1-16-13-19(7-8-21(16)22)24-11-9-23(10-12-24)15-18-14-20(18)17-5-3-2-4-6-17/h2-8,13,18,20H,9-12,14-15H2,1H3. The fourth-order valence-electron chi connectivity index (χ4n) is 3.90. The molecule has 1 saturated carbocycles. The molecule has 2 unspecified atom stereocenters. The van der Waals surface area contributed by atoms with Crippen LogP contribution in [0.15, 0.2) is 48.5 Å². The maximum atomic E-state index is 2.67. The van der Waals surface area contributed by atoms with Crippen LogP contribution in [0, 0.1) is 16.4 Å². The Bertz CT molecular complexity index is 692. The lowest BCUT2D eigenvalue weighted by Gasteiger charge is -2.36. The van der Waals surface area contributed by atoms with Crippen LogP contribution >= 0.6 is 22.6 Å². The van der Waals surface area contributed by atoms with E-state index in [9.17, 15) is 0 Å². The molecule has 2 nitrogen and oxygen atoms in total. The average molecular weight is 432 g/mol. The van der Waals surface area contributed by atoms with Gasteiger partial charge < -0.3 is 4.90 Å². The molecule has 0 amide bonds. The van der Waals surface area contributed by atoms with Crippen molar-refractivity contribution in [3.63, 3.8) is 0 Å². The van der Waals surface area contributed by atoms with Crippen molar-refractivity contribution in [1.29, 1.82) is 0 Å². The summed E-state index contributed by atoms with van der Waals surface area (Å²) in [6, 6.07) is 17.9. The van der Waals surface area contributed by atoms with Crippen molar-refractivity contribution in [2.45, 2.75) is 19.3 Å². The molecule has 2 aliphatic rings. The molecule has 4 rings (SSSR count). The van der Waals surface area contributed by atoms with Gasteiger partial charge in [0, 0.05) is 42.0 Å². The Balaban J connectivity index is 1.29. The summed E-state index contributed by atoms with van der Waals surface area (Å²) in [6.45, 7) is 8.19. The summed E-state index contributed by atoms with van der Waals surface area (Å²) in [5.74, 6) is 1.68. The van der Waals surface area contributed by atoms with E-state index >= 15 is 0 Å². The minimum absolute atomic E-state index is 0.808. The molecule has 1 aliphatic heterocycles. The van der Waals surface area contributed by atoms with Gasteiger partial charge in [0.05, 0.1) is 0 Å². The summed E-state index contributed by atoms with van der Waals surface area (Å²) in [5.41, 5.74) is 4.32.